The number of aromatic amines is 1. The number of aromatic nitrogens is 4. The molecule has 0 amide bonds. The lowest BCUT2D eigenvalue weighted by Gasteiger charge is -2.15. The van der Waals surface area contributed by atoms with E-state index in [0.29, 0.717) is 16.5 Å². The summed E-state index contributed by atoms with van der Waals surface area (Å²) in [5.74, 6) is 1.22. The van der Waals surface area contributed by atoms with Gasteiger partial charge in [0.1, 0.15) is 5.82 Å². The molecule has 1 atom stereocenters. The number of benzene rings is 1. The lowest BCUT2D eigenvalue weighted by molar-refractivity contribution is 0.837. The Morgan fingerprint density at radius 1 is 1.22 bits per heavy atom. The van der Waals surface area contributed by atoms with Crippen molar-refractivity contribution in [3.05, 3.63) is 81.5 Å². The molecular formula is C20H18ClN5O. The fraction of sp³-hybridized carbons (Fsp3) is 0.150. The van der Waals surface area contributed by atoms with Crippen molar-refractivity contribution >= 4 is 28.5 Å². The fourth-order valence-electron chi connectivity index (χ4n) is 3.06. The van der Waals surface area contributed by atoms with E-state index in [1.165, 1.54) is 0 Å². The van der Waals surface area contributed by atoms with Crippen molar-refractivity contribution in [3.63, 3.8) is 0 Å². The number of aryl methyl sites for hydroxylation is 1. The monoisotopic (exact) mass is 379 g/mol. The highest BCUT2D eigenvalue weighted by molar-refractivity contribution is 6.31. The number of pyridine rings is 1. The molecule has 0 bridgehead atoms. The highest BCUT2D eigenvalue weighted by Crippen LogP contribution is 2.21. The molecule has 136 valence electrons. The van der Waals surface area contributed by atoms with Crippen molar-refractivity contribution < 1.29 is 0 Å². The van der Waals surface area contributed by atoms with Crippen molar-refractivity contribution in [1.29, 1.82) is 0 Å². The first-order valence-electron chi connectivity index (χ1n) is 8.57. The minimum atomic E-state index is -0.279. The maximum absolute atomic E-state index is 12.5. The van der Waals surface area contributed by atoms with Gasteiger partial charge in [-0.05, 0) is 56.3 Å². The number of nitrogens with one attached hydrogen (secondary N) is 2. The summed E-state index contributed by atoms with van der Waals surface area (Å²) in [5.41, 5.74) is 2.27. The number of halogens is 1. The summed E-state index contributed by atoms with van der Waals surface area (Å²) in [5, 5.41) is 4.71. The van der Waals surface area contributed by atoms with Crippen LogP contribution in [-0.4, -0.2) is 19.5 Å². The molecule has 0 saturated heterocycles. The van der Waals surface area contributed by atoms with Gasteiger partial charge in [-0.1, -0.05) is 11.6 Å². The van der Waals surface area contributed by atoms with Crippen LogP contribution in [0.25, 0.3) is 16.7 Å². The molecule has 4 aromatic rings. The lowest BCUT2D eigenvalue weighted by Crippen LogP contribution is -2.20. The predicted octanol–water partition coefficient (Wildman–Crippen LogP) is 4.24. The third-order valence-electron chi connectivity index (χ3n) is 4.49. The number of fused-ring (bicyclic) bond motifs is 1. The van der Waals surface area contributed by atoms with Crippen molar-refractivity contribution in [2.45, 2.75) is 19.9 Å². The van der Waals surface area contributed by atoms with E-state index in [2.05, 4.69) is 20.3 Å². The van der Waals surface area contributed by atoms with E-state index in [9.17, 15) is 4.79 Å². The Bertz CT molecular complexity index is 1180. The summed E-state index contributed by atoms with van der Waals surface area (Å²) in [6.07, 6.45) is 3.64. The van der Waals surface area contributed by atoms with E-state index in [-0.39, 0.29) is 11.6 Å². The van der Waals surface area contributed by atoms with Gasteiger partial charge in [-0.3, -0.25) is 4.79 Å². The van der Waals surface area contributed by atoms with Gasteiger partial charge in [0.25, 0.3) is 5.56 Å². The number of anilines is 1. The smallest absolute Gasteiger partial charge is 0.253 e. The van der Waals surface area contributed by atoms with Crippen LogP contribution >= 0.6 is 11.6 Å². The van der Waals surface area contributed by atoms with E-state index >= 15 is 0 Å². The topological polar surface area (TPSA) is 75.6 Å². The zero-order valence-corrected chi connectivity index (χ0v) is 15.7. The molecule has 0 fully saturated rings. The molecule has 0 aliphatic rings. The van der Waals surface area contributed by atoms with Gasteiger partial charge in [0.2, 0.25) is 5.95 Å². The van der Waals surface area contributed by atoms with Crippen LogP contribution in [0.4, 0.5) is 5.95 Å². The molecule has 2 N–H and O–H groups in total. The number of rotatable bonds is 4. The number of H-pyrrole nitrogens is 1. The minimum Gasteiger partial charge on any atom is -0.347 e. The molecule has 1 aromatic carbocycles. The third-order valence-corrected chi connectivity index (χ3v) is 4.72. The summed E-state index contributed by atoms with van der Waals surface area (Å²) in [6.45, 7) is 3.91. The Hall–Kier alpha value is -3.12. The maximum Gasteiger partial charge on any atom is 0.253 e. The van der Waals surface area contributed by atoms with Gasteiger partial charge in [0.15, 0.2) is 0 Å². The van der Waals surface area contributed by atoms with Crippen LogP contribution in [0.5, 0.6) is 0 Å². The molecule has 27 heavy (non-hydrogen) atoms. The maximum atomic E-state index is 12.5. The molecular weight excluding hydrogens is 362 g/mol. The molecule has 7 heteroatoms. The van der Waals surface area contributed by atoms with E-state index in [4.69, 9.17) is 11.6 Å². The molecule has 3 aromatic heterocycles. The molecule has 0 spiro atoms. The average Bonchev–Trinajstić information content (AvgIpc) is 3.07. The number of hydrogen-bond acceptors (Lipinski definition) is 4. The Balaban J connectivity index is 1.65. The van der Waals surface area contributed by atoms with Crippen molar-refractivity contribution in [2.75, 3.05) is 5.32 Å². The summed E-state index contributed by atoms with van der Waals surface area (Å²) in [6, 6.07) is 12.8. The van der Waals surface area contributed by atoms with Gasteiger partial charge in [0.05, 0.1) is 6.04 Å². The normalized spacial score (nSPS) is 12.3. The van der Waals surface area contributed by atoms with Gasteiger partial charge < -0.3 is 14.9 Å². The van der Waals surface area contributed by atoms with Gasteiger partial charge >= 0.3 is 0 Å². The molecule has 4 rings (SSSR count). The Morgan fingerprint density at radius 2 is 2.07 bits per heavy atom. The second-order valence-corrected chi connectivity index (χ2v) is 6.85. The van der Waals surface area contributed by atoms with Gasteiger partial charge in [-0.15, -0.1) is 0 Å². The summed E-state index contributed by atoms with van der Waals surface area (Å²) in [4.78, 5) is 24.2. The minimum absolute atomic E-state index is 0.151. The van der Waals surface area contributed by atoms with Crippen molar-refractivity contribution in [3.8, 4) is 5.82 Å². The zero-order valence-electron chi connectivity index (χ0n) is 14.9. The van der Waals surface area contributed by atoms with Gasteiger partial charge in [0, 0.05) is 39.6 Å². The van der Waals surface area contributed by atoms with Crippen molar-refractivity contribution in [2.24, 2.45) is 0 Å². The van der Waals surface area contributed by atoms with Crippen LogP contribution in [0.15, 0.2) is 59.7 Å². The Kier molecular flexibility index (Phi) is 4.41. The quantitative estimate of drug-likeness (QED) is 0.556. The Labute approximate surface area is 160 Å². The first kappa shape index (κ1) is 17.3. The second kappa shape index (κ2) is 6.89. The third kappa shape index (κ3) is 3.44. The van der Waals surface area contributed by atoms with Crippen LogP contribution in [0.1, 0.15) is 24.2 Å². The van der Waals surface area contributed by atoms with Crippen LogP contribution < -0.4 is 10.9 Å². The molecule has 0 unspecified atom stereocenters. The van der Waals surface area contributed by atoms with Gasteiger partial charge in [-0.2, -0.15) is 4.98 Å². The standard InChI is InChI=1S/C20H18ClN5O/c1-12-4-3-9-26(12)18-7-8-22-20(25-18)23-13(2)16-11-14-10-15(21)5-6-17(14)24-19(16)27/h3-11,13H,1-2H3,(H,24,27)(H,22,23,25)/t13-/m0/s1. The summed E-state index contributed by atoms with van der Waals surface area (Å²) in [7, 11) is 0. The van der Waals surface area contributed by atoms with E-state index in [1.54, 1.807) is 18.3 Å². The SMILES string of the molecule is Cc1cccn1-c1ccnc(N[C@@H](C)c2cc3cc(Cl)ccc3[nH]c2=O)n1. The molecule has 0 saturated carbocycles. The zero-order chi connectivity index (χ0) is 19.0. The number of nitrogens with zero attached hydrogens (tertiary/aromatic N) is 3. The van der Waals surface area contributed by atoms with Crippen LogP contribution in [0.3, 0.4) is 0 Å². The predicted molar refractivity (Wildman–Crippen MR) is 108 cm³/mol. The van der Waals surface area contributed by atoms with E-state index < -0.39 is 0 Å². The molecule has 3 heterocycles. The average molecular weight is 380 g/mol. The fourth-order valence-corrected chi connectivity index (χ4v) is 3.24. The first-order valence-corrected chi connectivity index (χ1v) is 8.95. The Morgan fingerprint density at radius 3 is 2.85 bits per heavy atom. The summed E-state index contributed by atoms with van der Waals surface area (Å²) < 4.78 is 1.97. The molecule has 0 aliphatic heterocycles. The van der Waals surface area contributed by atoms with Crippen LogP contribution in [-0.2, 0) is 0 Å². The van der Waals surface area contributed by atoms with Crippen molar-refractivity contribution in [1.82, 2.24) is 19.5 Å². The first-order chi connectivity index (χ1) is 13.0. The van der Waals surface area contributed by atoms with Crippen LogP contribution in [0, 0.1) is 6.92 Å². The largest absolute Gasteiger partial charge is 0.347 e. The molecule has 0 radical (unpaired) electrons. The molecule has 6 nitrogen and oxygen atoms in total. The highest BCUT2D eigenvalue weighted by Gasteiger charge is 2.13. The van der Waals surface area contributed by atoms with Crippen LogP contribution in [0.2, 0.25) is 5.02 Å². The lowest BCUT2D eigenvalue weighted by atomic mass is 10.1. The highest BCUT2D eigenvalue weighted by atomic mass is 35.5. The molecule has 0 aliphatic carbocycles. The van der Waals surface area contributed by atoms with E-state index in [1.807, 2.05) is 54.9 Å². The van der Waals surface area contributed by atoms with E-state index in [0.717, 1.165) is 22.4 Å². The van der Waals surface area contributed by atoms with Gasteiger partial charge in [-0.25, -0.2) is 4.98 Å². The summed E-state index contributed by atoms with van der Waals surface area (Å²) >= 11 is 6.07. The number of hydrogen-bond donors (Lipinski definition) is 2. The second-order valence-electron chi connectivity index (χ2n) is 6.41.